The van der Waals surface area contributed by atoms with E-state index in [0.717, 1.165) is 18.8 Å². The Hall–Kier alpha value is -2.01. The second-order valence-electron chi connectivity index (χ2n) is 4.37. The van der Waals surface area contributed by atoms with Crippen molar-refractivity contribution >= 4 is 5.69 Å². The van der Waals surface area contributed by atoms with Gasteiger partial charge in [-0.25, -0.2) is 4.98 Å². The third-order valence-electron chi connectivity index (χ3n) is 3.01. The molecule has 1 N–H and O–H groups in total. The molecule has 0 aromatic carbocycles. The van der Waals surface area contributed by atoms with Crippen molar-refractivity contribution in [2.75, 3.05) is 25.6 Å². The molecule has 5 heteroatoms. The van der Waals surface area contributed by atoms with E-state index in [-0.39, 0.29) is 0 Å². The first kappa shape index (κ1) is 14.4. The summed E-state index contributed by atoms with van der Waals surface area (Å²) in [5, 5.41) is 3.35. The fourth-order valence-corrected chi connectivity index (χ4v) is 1.91. The molecule has 2 heterocycles. The van der Waals surface area contributed by atoms with E-state index in [2.05, 4.69) is 40.1 Å². The Bertz CT molecular complexity index is 508. The molecule has 0 aliphatic rings. The van der Waals surface area contributed by atoms with Gasteiger partial charge in [-0.1, -0.05) is 0 Å². The maximum Gasteiger partial charge on any atom is 0.213 e. The molecular formula is C15H21N3O2. The van der Waals surface area contributed by atoms with Gasteiger partial charge in [-0.05, 0) is 25.1 Å². The average molecular weight is 275 g/mol. The highest BCUT2D eigenvalue weighted by molar-refractivity contribution is 5.42. The standard InChI is InChI=1S/C15H21N3O2/c1-3-18-8-4-5-14(18)12-16-13-6-7-15(17-11-13)20-10-9-19-2/h4-8,11,16H,3,9-10,12H2,1-2H3. The highest BCUT2D eigenvalue weighted by Gasteiger charge is 2.00. The van der Waals surface area contributed by atoms with E-state index in [9.17, 15) is 0 Å². The number of ether oxygens (including phenoxy) is 2. The molecule has 0 spiro atoms. The summed E-state index contributed by atoms with van der Waals surface area (Å²) < 4.78 is 12.6. The average Bonchev–Trinajstić information content (AvgIpc) is 2.94. The first-order chi connectivity index (χ1) is 9.83. The highest BCUT2D eigenvalue weighted by Crippen LogP contribution is 2.13. The summed E-state index contributed by atoms with van der Waals surface area (Å²) in [7, 11) is 1.65. The predicted octanol–water partition coefficient (Wildman–Crippen LogP) is 2.54. The van der Waals surface area contributed by atoms with Gasteiger partial charge in [0.05, 0.1) is 25.0 Å². The zero-order valence-corrected chi connectivity index (χ0v) is 12.0. The zero-order valence-electron chi connectivity index (χ0n) is 12.0. The van der Waals surface area contributed by atoms with Gasteiger partial charge in [-0.3, -0.25) is 0 Å². The van der Waals surface area contributed by atoms with Crippen LogP contribution in [0, 0.1) is 0 Å². The van der Waals surface area contributed by atoms with Crippen LogP contribution in [-0.2, 0) is 17.8 Å². The largest absolute Gasteiger partial charge is 0.475 e. The number of hydrogen-bond acceptors (Lipinski definition) is 4. The molecule has 0 saturated heterocycles. The number of nitrogens with zero attached hydrogens (tertiary/aromatic N) is 2. The fourth-order valence-electron chi connectivity index (χ4n) is 1.91. The normalized spacial score (nSPS) is 10.5. The van der Waals surface area contributed by atoms with E-state index in [1.54, 1.807) is 13.3 Å². The molecule has 0 atom stereocenters. The molecule has 0 aliphatic carbocycles. The first-order valence-electron chi connectivity index (χ1n) is 6.79. The topological polar surface area (TPSA) is 48.3 Å². The Kier molecular flexibility index (Phi) is 5.43. The van der Waals surface area contributed by atoms with E-state index in [1.807, 2.05) is 12.1 Å². The maximum absolute atomic E-state index is 5.42. The second kappa shape index (κ2) is 7.55. The van der Waals surface area contributed by atoms with Gasteiger partial charge in [0.25, 0.3) is 0 Å². The maximum atomic E-state index is 5.42. The molecule has 2 aromatic heterocycles. The van der Waals surface area contributed by atoms with Crippen molar-refractivity contribution < 1.29 is 9.47 Å². The van der Waals surface area contributed by atoms with Crippen LogP contribution in [0.5, 0.6) is 5.88 Å². The van der Waals surface area contributed by atoms with E-state index in [4.69, 9.17) is 9.47 Å². The Morgan fingerprint density at radius 2 is 2.15 bits per heavy atom. The fraction of sp³-hybridized carbons (Fsp3) is 0.400. The Morgan fingerprint density at radius 3 is 2.85 bits per heavy atom. The second-order valence-corrected chi connectivity index (χ2v) is 4.37. The van der Waals surface area contributed by atoms with Gasteiger partial charge in [0.1, 0.15) is 6.61 Å². The lowest BCUT2D eigenvalue weighted by Gasteiger charge is -2.10. The molecule has 0 radical (unpaired) electrons. The molecule has 0 fully saturated rings. The molecule has 108 valence electrons. The number of nitrogens with one attached hydrogen (secondary N) is 1. The highest BCUT2D eigenvalue weighted by atomic mass is 16.5. The Balaban J connectivity index is 1.84. The number of anilines is 1. The minimum Gasteiger partial charge on any atom is -0.475 e. The van der Waals surface area contributed by atoms with Gasteiger partial charge in [-0.2, -0.15) is 0 Å². The lowest BCUT2D eigenvalue weighted by Crippen LogP contribution is -2.07. The van der Waals surface area contributed by atoms with Crippen LogP contribution >= 0.6 is 0 Å². The van der Waals surface area contributed by atoms with Crippen LogP contribution in [0.3, 0.4) is 0 Å². The number of aryl methyl sites for hydroxylation is 1. The number of methoxy groups -OCH3 is 1. The van der Waals surface area contributed by atoms with Crippen LogP contribution in [0.15, 0.2) is 36.7 Å². The van der Waals surface area contributed by atoms with Gasteiger partial charge >= 0.3 is 0 Å². The lowest BCUT2D eigenvalue weighted by atomic mass is 10.3. The summed E-state index contributed by atoms with van der Waals surface area (Å²) in [6, 6.07) is 8.00. The minimum atomic E-state index is 0.514. The molecular weight excluding hydrogens is 254 g/mol. The van der Waals surface area contributed by atoms with Gasteiger partial charge in [0.15, 0.2) is 0 Å². The van der Waals surface area contributed by atoms with Crippen LogP contribution in [0.2, 0.25) is 0 Å². The van der Waals surface area contributed by atoms with Crippen molar-refractivity contribution in [1.82, 2.24) is 9.55 Å². The van der Waals surface area contributed by atoms with E-state index in [0.29, 0.717) is 19.1 Å². The molecule has 20 heavy (non-hydrogen) atoms. The molecule has 0 unspecified atom stereocenters. The Labute approximate surface area is 119 Å². The molecule has 0 aliphatic heterocycles. The predicted molar refractivity (Wildman–Crippen MR) is 79.0 cm³/mol. The first-order valence-corrected chi connectivity index (χ1v) is 6.79. The number of pyridine rings is 1. The summed E-state index contributed by atoms with van der Waals surface area (Å²) in [6.45, 7) is 4.98. The minimum absolute atomic E-state index is 0.514. The van der Waals surface area contributed by atoms with Crippen LogP contribution < -0.4 is 10.1 Å². The van der Waals surface area contributed by atoms with Crippen LogP contribution in [-0.4, -0.2) is 29.9 Å². The number of aromatic nitrogens is 2. The zero-order chi connectivity index (χ0) is 14.2. The molecule has 0 bridgehead atoms. The van der Waals surface area contributed by atoms with Gasteiger partial charge in [-0.15, -0.1) is 0 Å². The smallest absolute Gasteiger partial charge is 0.213 e. The van der Waals surface area contributed by atoms with Crippen molar-refractivity contribution in [2.24, 2.45) is 0 Å². The van der Waals surface area contributed by atoms with Gasteiger partial charge in [0, 0.05) is 31.6 Å². The van der Waals surface area contributed by atoms with E-state index < -0.39 is 0 Å². The summed E-state index contributed by atoms with van der Waals surface area (Å²) in [5.74, 6) is 0.615. The van der Waals surface area contributed by atoms with Crippen molar-refractivity contribution in [2.45, 2.75) is 20.0 Å². The Morgan fingerprint density at radius 1 is 1.25 bits per heavy atom. The third kappa shape index (κ3) is 3.99. The van der Waals surface area contributed by atoms with Gasteiger partial charge in [0.2, 0.25) is 5.88 Å². The van der Waals surface area contributed by atoms with E-state index in [1.165, 1.54) is 5.69 Å². The van der Waals surface area contributed by atoms with Crippen molar-refractivity contribution in [1.29, 1.82) is 0 Å². The molecule has 2 rings (SSSR count). The van der Waals surface area contributed by atoms with Crippen molar-refractivity contribution in [3.05, 3.63) is 42.4 Å². The molecule has 2 aromatic rings. The number of hydrogen-bond donors (Lipinski definition) is 1. The summed E-state index contributed by atoms with van der Waals surface area (Å²) in [5.41, 5.74) is 2.24. The quantitative estimate of drug-likeness (QED) is 0.752. The summed E-state index contributed by atoms with van der Waals surface area (Å²) in [4.78, 5) is 4.25. The lowest BCUT2D eigenvalue weighted by molar-refractivity contribution is 0.144. The molecule has 5 nitrogen and oxygen atoms in total. The van der Waals surface area contributed by atoms with Crippen LogP contribution in [0.25, 0.3) is 0 Å². The van der Waals surface area contributed by atoms with Crippen molar-refractivity contribution in [3.8, 4) is 5.88 Å². The monoisotopic (exact) mass is 275 g/mol. The van der Waals surface area contributed by atoms with Crippen LogP contribution in [0.1, 0.15) is 12.6 Å². The van der Waals surface area contributed by atoms with Gasteiger partial charge < -0.3 is 19.4 Å². The molecule has 0 amide bonds. The third-order valence-corrected chi connectivity index (χ3v) is 3.01. The number of rotatable bonds is 8. The van der Waals surface area contributed by atoms with Crippen molar-refractivity contribution in [3.63, 3.8) is 0 Å². The van der Waals surface area contributed by atoms with E-state index >= 15 is 0 Å². The summed E-state index contributed by atoms with van der Waals surface area (Å²) >= 11 is 0. The summed E-state index contributed by atoms with van der Waals surface area (Å²) in [6.07, 6.45) is 3.86. The van der Waals surface area contributed by atoms with Crippen LogP contribution in [0.4, 0.5) is 5.69 Å². The molecule has 0 saturated carbocycles. The SMILES string of the molecule is CCn1cccc1CNc1ccc(OCCOC)nc1.